The minimum atomic E-state index is -6.63. The Morgan fingerprint density at radius 2 is 0.592 bits per heavy atom. The summed E-state index contributed by atoms with van der Waals surface area (Å²) in [5.74, 6) is -4.02. The van der Waals surface area contributed by atoms with Crippen LogP contribution >= 0.6 is 0 Å². The highest BCUT2D eigenvalue weighted by molar-refractivity contribution is 7.22. The van der Waals surface area contributed by atoms with Crippen molar-refractivity contribution in [2.75, 3.05) is 0 Å². The molecule has 76 heavy (non-hydrogen) atoms. The molecule has 16 rings (SSSR count). The second-order valence-corrected chi connectivity index (χ2v) is 23.8. The number of rotatable bonds is 7. The van der Waals surface area contributed by atoms with Gasteiger partial charge in [-0.15, -0.1) is 0 Å². The van der Waals surface area contributed by atoms with Gasteiger partial charge in [-0.1, -0.05) is 224 Å². The quantitative estimate of drug-likeness (QED) is 0.150. The number of benzene rings is 11. The van der Waals surface area contributed by atoms with E-state index in [0.29, 0.717) is 0 Å². The zero-order chi connectivity index (χ0) is 89.1. The summed E-state index contributed by atoms with van der Waals surface area (Å²) in [5, 5.41) is -12.6. The molecule has 2 aliphatic rings. The smallest absolute Gasteiger partial charge is 0.184 e. The molecule has 5 nitrogen and oxygen atoms in total. The third kappa shape index (κ3) is 5.86. The summed E-state index contributed by atoms with van der Waals surface area (Å²) in [4.78, 5) is 13.9. The van der Waals surface area contributed by atoms with E-state index in [1.807, 2.05) is 0 Å². The molecular formula is C69H45N5Si2. The van der Waals surface area contributed by atoms with Crippen LogP contribution in [0, 0.1) is 0 Å². The van der Waals surface area contributed by atoms with Crippen molar-refractivity contribution in [3.05, 3.63) is 272 Å². The molecule has 0 radical (unpaired) electrons. The maximum Gasteiger partial charge on any atom is 0.184 e. The van der Waals surface area contributed by atoms with Crippen LogP contribution in [0.25, 0.3) is 89.2 Å². The monoisotopic (exact) mass is 1040 g/mol. The molecule has 354 valence electrons. The van der Waals surface area contributed by atoms with E-state index >= 15 is 0 Å². The van der Waals surface area contributed by atoms with Gasteiger partial charge in [0.05, 0.1) is 83.8 Å². The molecule has 2 aliphatic heterocycles. The number of para-hydroxylation sites is 4. The van der Waals surface area contributed by atoms with Crippen LogP contribution in [0.1, 0.15) is 61.7 Å². The Hall–Kier alpha value is -9.54. The SMILES string of the molecule is [2H]c1c([2H])c([2H])c(-c2nc(-c3c([2H])c4c5c(c3[2H])c3c([2H])c([2H])c([2H])c([2H])c3n5-c3c([2H])c([2H])c([2H])c([2H])c3[Si]4(c3c([2H])c([2H])c([2H])c([2H])c3[2H])c3c([2H])c([2H])c([2H])c([2H])c3[2H])nc(-c3c([2H])c4c5c(c3[2H])c3c([2H])c([2H])c([2H])c([2H])c3n5-c3c([2H])c([2H])c([2H])c([2H])c3[Si]4(c3c([2H])c([2H])c([2H])c([2H])c3[2H])c3c([2H])c([2H])c([2H])c([2H])c3[2H])n2)c([2H])c1[2H]. The molecule has 0 saturated heterocycles. The fourth-order valence-corrected chi connectivity index (χ4v) is 18.8. The van der Waals surface area contributed by atoms with Crippen LogP contribution in [-0.2, 0) is 0 Å². The molecule has 0 amide bonds. The predicted octanol–water partition coefficient (Wildman–Crippen LogP) is 10.4. The Morgan fingerprint density at radius 1 is 0.276 bits per heavy atom. The Labute approximate surface area is 504 Å². The lowest BCUT2D eigenvalue weighted by molar-refractivity contribution is 1.08. The third-order valence-electron chi connectivity index (χ3n) is 13.3. The molecule has 0 spiro atoms. The van der Waals surface area contributed by atoms with Crippen LogP contribution in [0.5, 0.6) is 0 Å². The molecular weight excluding hydrogens is 955 g/mol. The summed E-state index contributed by atoms with van der Waals surface area (Å²) in [6.07, 6.45) is 0. The topological polar surface area (TPSA) is 48.5 Å². The fourth-order valence-electron chi connectivity index (χ4n) is 10.4. The van der Waals surface area contributed by atoms with E-state index in [2.05, 4.69) is 9.97 Å². The van der Waals surface area contributed by atoms with Gasteiger partial charge in [0, 0.05) is 49.6 Å². The lowest BCUT2D eigenvalue weighted by Crippen LogP contribution is -2.76. The lowest BCUT2D eigenvalue weighted by atomic mass is 10.1. The first kappa shape index (κ1) is 17.8. The molecule has 0 unspecified atom stereocenters. The largest absolute Gasteiger partial charge is 0.309 e. The van der Waals surface area contributed by atoms with E-state index in [-0.39, 0.29) is 0 Å². The van der Waals surface area contributed by atoms with E-state index in [1.54, 1.807) is 0 Å². The highest BCUT2D eigenvalue weighted by atomic mass is 28.3. The van der Waals surface area contributed by atoms with Gasteiger partial charge in [0.2, 0.25) is 0 Å². The van der Waals surface area contributed by atoms with Gasteiger partial charge in [-0.2, -0.15) is 0 Å². The van der Waals surface area contributed by atoms with Crippen molar-refractivity contribution in [1.29, 1.82) is 0 Å². The summed E-state index contributed by atoms with van der Waals surface area (Å²) in [7, 11) is -13.3. The molecule has 0 atom stereocenters. The Balaban J connectivity index is 1.25. The zero-order valence-electron chi connectivity index (χ0n) is 82.7. The number of fused-ring (bicyclic) bond motifs is 10. The van der Waals surface area contributed by atoms with Crippen LogP contribution in [-0.4, -0.2) is 40.2 Å². The Bertz CT molecular complexity index is 6740. The first-order valence-electron chi connectivity index (χ1n) is 44.9. The number of hydrogen-bond donors (Lipinski definition) is 0. The van der Waals surface area contributed by atoms with Gasteiger partial charge in [-0.25, -0.2) is 15.0 Å². The van der Waals surface area contributed by atoms with Crippen LogP contribution in [0.2, 0.25) is 0 Å². The molecule has 5 heterocycles. The van der Waals surface area contributed by atoms with Gasteiger partial charge in [-0.05, 0) is 89.8 Å². The molecule has 0 bridgehead atoms. The molecule has 14 aromatic rings. The van der Waals surface area contributed by atoms with Crippen molar-refractivity contribution in [2.45, 2.75) is 0 Å². The molecule has 0 fully saturated rings. The van der Waals surface area contributed by atoms with Gasteiger partial charge < -0.3 is 9.13 Å². The number of nitrogens with zero attached hydrogens (tertiary/aromatic N) is 5. The van der Waals surface area contributed by atoms with Gasteiger partial charge in [-0.3, -0.25) is 0 Å². The summed E-state index contributed by atoms with van der Waals surface area (Å²) in [5.41, 5.74) is -9.09. The van der Waals surface area contributed by atoms with E-state index in [1.165, 1.54) is 0 Å². The molecule has 0 N–H and O–H groups in total. The van der Waals surface area contributed by atoms with Crippen molar-refractivity contribution in [2.24, 2.45) is 0 Å². The van der Waals surface area contributed by atoms with E-state index in [0.717, 1.165) is 9.13 Å². The maximum absolute atomic E-state index is 11.2. The number of hydrogen-bond acceptors (Lipinski definition) is 3. The van der Waals surface area contributed by atoms with Crippen LogP contribution in [0.4, 0.5) is 0 Å². The van der Waals surface area contributed by atoms with E-state index in [4.69, 9.17) is 17.3 Å². The highest BCUT2D eigenvalue weighted by Gasteiger charge is 2.50. The molecule has 3 aromatic heterocycles. The van der Waals surface area contributed by atoms with Crippen molar-refractivity contribution in [1.82, 2.24) is 24.1 Å². The summed E-state index contributed by atoms with van der Waals surface area (Å²) in [6, 6.07) is -56.1. The van der Waals surface area contributed by atoms with Crippen molar-refractivity contribution >= 4 is 101 Å². The molecule has 7 heteroatoms. The highest BCUT2D eigenvalue weighted by Crippen LogP contribution is 2.40. The standard InChI is InChI=1S/C69H45N5Si2/c1-6-24-46(25-7-1)67-70-68(47-42-55-53-34-16-18-36-57(53)73-59-38-20-22-40-61(59)75(63(44-47)65(55)73,49-26-8-2-9-27-49)50-28-10-3-11-29-50)72-69(71-67)48-43-56-54-35-17-19-37-58(54)74-60-39-21-23-41-62(60)76(64(45-48)66(56)74,51-30-12-4-13-31-51)52-32-14-5-15-33-52/h1-45H/i1D,2D,3D,4D,5D,6D,7D,8D,9D,10D,11D,12D,13D,14D,15D,16D,17D,18D,19D,20D,21D,22D,23D,24D,25D,26D,27D,28D,29D,30D,31D,32D,33D,34D,35D,36D,37D,38D,39D,40D,41D,42D,43D,44D,45D. The van der Waals surface area contributed by atoms with Gasteiger partial charge >= 0.3 is 0 Å². The van der Waals surface area contributed by atoms with Crippen molar-refractivity contribution in [3.8, 4) is 45.5 Å². The lowest BCUT2D eigenvalue weighted by Gasteiger charge is -2.40. The minimum Gasteiger partial charge on any atom is -0.309 e. The average molecular weight is 1050 g/mol. The first-order valence-corrected chi connectivity index (χ1v) is 26.4. The van der Waals surface area contributed by atoms with Gasteiger partial charge in [0.15, 0.2) is 33.6 Å². The van der Waals surface area contributed by atoms with E-state index in [9.17, 15) is 49.3 Å². The Kier molecular flexibility index (Phi) is 3.86. The average Bonchev–Trinajstić information content (AvgIpc) is 1.57. The zero-order valence-corrected chi connectivity index (χ0v) is 39.7. The number of aromatic nitrogens is 5. The van der Waals surface area contributed by atoms with Crippen molar-refractivity contribution in [3.63, 3.8) is 0 Å². The summed E-state index contributed by atoms with van der Waals surface area (Å²) in [6.45, 7) is 0. The normalized spacial score (nSPS) is 22.0. The molecule has 11 aromatic carbocycles. The van der Waals surface area contributed by atoms with E-state index < -0.39 is 419 Å². The van der Waals surface area contributed by atoms with Crippen LogP contribution in [0.3, 0.4) is 0 Å². The summed E-state index contributed by atoms with van der Waals surface area (Å²) >= 11 is 0. The second kappa shape index (κ2) is 16.5. The summed E-state index contributed by atoms with van der Waals surface area (Å²) < 4.78 is 435. The van der Waals surface area contributed by atoms with Gasteiger partial charge in [0.1, 0.15) is 0 Å². The first-order chi connectivity index (χ1) is 56.4. The minimum absolute atomic E-state index is 0.724. The van der Waals surface area contributed by atoms with Crippen LogP contribution < -0.4 is 41.5 Å². The maximum atomic E-state index is 11.2. The molecule has 0 aliphatic carbocycles. The van der Waals surface area contributed by atoms with Crippen molar-refractivity contribution < 1.29 is 61.7 Å². The predicted molar refractivity (Wildman–Crippen MR) is 319 cm³/mol. The second-order valence-electron chi connectivity index (χ2n) is 16.8. The molecule has 0 saturated carbocycles. The fraction of sp³-hybridized carbons (Fsp3) is 0. The van der Waals surface area contributed by atoms with Crippen LogP contribution in [0.15, 0.2) is 272 Å². The Morgan fingerprint density at radius 3 is 0.987 bits per heavy atom. The van der Waals surface area contributed by atoms with Gasteiger partial charge in [0.25, 0.3) is 0 Å². The third-order valence-corrected chi connectivity index (χ3v) is 21.7.